The van der Waals surface area contributed by atoms with Gasteiger partial charge in [0.25, 0.3) is 0 Å². The van der Waals surface area contributed by atoms with Crippen LogP contribution in [0.5, 0.6) is 0 Å². The van der Waals surface area contributed by atoms with E-state index >= 15 is 0 Å². The molecule has 0 saturated heterocycles. The molecule has 0 radical (unpaired) electrons. The maximum absolute atomic E-state index is 10.2. The van der Waals surface area contributed by atoms with E-state index in [9.17, 15) is 4.79 Å². The number of amides is 2. The van der Waals surface area contributed by atoms with Crippen LogP contribution in [0.15, 0.2) is 0 Å². The number of hydrogen-bond acceptors (Lipinski definition) is 3. The Morgan fingerprint density at radius 2 is 2.17 bits per heavy atom. The zero-order chi connectivity index (χ0) is 9.23. The van der Waals surface area contributed by atoms with E-state index in [2.05, 4.69) is 11.6 Å². The standard InChI is InChI=1S/C7H16N2OS2/c1-11-5-6-12-4-2-3-9-7(8)10/h2-6H2,1H3,(H3,8,9,10). The van der Waals surface area contributed by atoms with Crippen LogP contribution in [0.1, 0.15) is 6.42 Å². The van der Waals surface area contributed by atoms with Gasteiger partial charge in [-0.25, -0.2) is 4.79 Å². The van der Waals surface area contributed by atoms with Gasteiger partial charge in [-0.2, -0.15) is 23.5 Å². The monoisotopic (exact) mass is 208 g/mol. The molecule has 0 aromatic heterocycles. The summed E-state index contributed by atoms with van der Waals surface area (Å²) in [7, 11) is 0. The second-order valence-corrected chi connectivity index (χ2v) is 4.46. The number of nitrogens with one attached hydrogen (secondary N) is 1. The number of rotatable bonds is 7. The molecule has 0 aliphatic heterocycles. The zero-order valence-corrected chi connectivity index (χ0v) is 8.97. The average molecular weight is 208 g/mol. The van der Waals surface area contributed by atoms with Crippen molar-refractivity contribution in [1.82, 2.24) is 5.32 Å². The molecule has 72 valence electrons. The van der Waals surface area contributed by atoms with Crippen molar-refractivity contribution in [3.8, 4) is 0 Å². The Morgan fingerprint density at radius 1 is 1.42 bits per heavy atom. The van der Waals surface area contributed by atoms with Crippen molar-refractivity contribution in [2.75, 3.05) is 30.1 Å². The molecular formula is C7H16N2OS2. The number of nitrogens with two attached hydrogens (primary N) is 1. The number of carbonyl (C=O) groups is 1. The summed E-state index contributed by atoms with van der Waals surface area (Å²) in [6, 6.07) is -0.427. The highest BCUT2D eigenvalue weighted by atomic mass is 32.2. The molecule has 0 aromatic carbocycles. The van der Waals surface area contributed by atoms with Crippen molar-refractivity contribution in [2.45, 2.75) is 6.42 Å². The summed E-state index contributed by atoms with van der Waals surface area (Å²) < 4.78 is 0. The Bertz CT molecular complexity index is 122. The molecule has 0 aliphatic rings. The van der Waals surface area contributed by atoms with E-state index in [1.165, 1.54) is 11.5 Å². The van der Waals surface area contributed by atoms with Gasteiger partial charge < -0.3 is 11.1 Å². The molecule has 0 aromatic rings. The minimum absolute atomic E-state index is 0.427. The summed E-state index contributed by atoms with van der Waals surface area (Å²) in [4.78, 5) is 10.2. The van der Waals surface area contributed by atoms with E-state index < -0.39 is 6.03 Å². The van der Waals surface area contributed by atoms with Crippen LogP contribution < -0.4 is 11.1 Å². The topological polar surface area (TPSA) is 55.1 Å². The Morgan fingerprint density at radius 3 is 2.75 bits per heavy atom. The van der Waals surface area contributed by atoms with Gasteiger partial charge in [0.15, 0.2) is 0 Å². The lowest BCUT2D eigenvalue weighted by Crippen LogP contribution is -2.30. The summed E-state index contributed by atoms with van der Waals surface area (Å²) in [5.74, 6) is 3.49. The van der Waals surface area contributed by atoms with Gasteiger partial charge in [-0.3, -0.25) is 0 Å². The van der Waals surface area contributed by atoms with E-state index in [4.69, 9.17) is 5.73 Å². The fourth-order valence-electron chi connectivity index (χ4n) is 0.630. The van der Waals surface area contributed by atoms with Gasteiger partial charge in [-0.15, -0.1) is 0 Å². The lowest BCUT2D eigenvalue weighted by molar-refractivity contribution is 0.249. The first kappa shape index (κ1) is 12.0. The lowest BCUT2D eigenvalue weighted by atomic mass is 10.5. The maximum atomic E-state index is 10.2. The summed E-state index contributed by atoms with van der Waals surface area (Å²) >= 11 is 3.78. The van der Waals surface area contributed by atoms with Gasteiger partial charge in [0.2, 0.25) is 0 Å². The third-order valence-corrected chi connectivity index (χ3v) is 3.14. The van der Waals surface area contributed by atoms with Gasteiger partial charge in [-0.1, -0.05) is 0 Å². The van der Waals surface area contributed by atoms with Crippen LogP contribution in [0, 0.1) is 0 Å². The molecule has 12 heavy (non-hydrogen) atoms. The van der Waals surface area contributed by atoms with E-state index in [-0.39, 0.29) is 0 Å². The first-order valence-electron chi connectivity index (χ1n) is 3.87. The van der Waals surface area contributed by atoms with E-state index in [1.54, 1.807) is 0 Å². The molecule has 5 heteroatoms. The number of hydrogen-bond donors (Lipinski definition) is 2. The number of thioether (sulfide) groups is 2. The third-order valence-electron chi connectivity index (χ3n) is 1.20. The van der Waals surface area contributed by atoms with Gasteiger partial charge in [0, 0.05) is 18.1 Å². The fraction of sp³-hybridized carbons (Fsp3) is 0.857. The quantitative estimate of drug-likeness (QED) is 0.617. The average Bonchev–Trinajstić information content (AvgIpc) is 2.02. The first-order chi connectivity index (χ1) is 5.77. The molecule has 0 heterocycles. The molecule has 3 N–H and O–H groups in total. The van der Waals surface area contributed by atoms with E-state index in [0.717, 1.165) is 12.2 Å². The molecule has 0 saturated carbocycles. The van der Waals surface area contributed by atoms with Crippen LogP contribution in [0.2, 0.25) is 0 Å². The summed E-state index contributed by atoms with van der Waals surface area (Å²) in [6.07, 6.45) is 3.11. The Hall–Kier alpha value is -0.0300. The Balaban J connectivity index is 2.86. The Labute approximate surface area is 82.2 Å². The summed E-state index contributed by atoms with van der Waals surface area (Å²) in [6.45, 7) is 0.696. The van der Waals surface area contributed by atoms with Crippen molar-refractivity contribution >= 4 is 29.6 Å². The largest absolute Gasteiger partial charge is 0.352 e. The van der Waals surface area contributed by atoms with E-state index in [0.29, 0.717) is 6.54 Å². The van der Waals surface area contributed by atoms with Gasteiger partial charge in [0.1, 0.15) is 0 Å². The number of urea groups is 1. The first-order valence-corrected chi connectivity index (χ1v) is 6.42. The van der Waals surface area contributed by atoms with Crippen LogP contribution in [0.3, 0.4) is 0 Å². The van der Waals surface area contributed by atoms with Crippen molar-refractivity contribution in [3.63, 3.8) is 0 Å². The molecule has 3 nitrogen and oxygen atoms in total. The van der Waals surface area contributed by atoms with Gasteiger partial charge >= 0.3 is 6.03 Å². The second kappa shape index (κ2) is 9.06. The van der Waals surface area contributed by atoms with Crippen molar-refractivity contribution in [2.24, 2.45) is 5.73 Å². The predicted molar refractivity (Wildman–Crippen MR) is 57.9 cm³/mol. The van der Waals surface area contributed by atoms with Crippen LogP contribution in [0.4, 0.5) is 4.79 Å². The van der Waals surface area contributed by atoms with Gasteiger partial charge in [-0.05, 0) is 18.4 Å². The van der Waals surface area contributed by atoms with Gasteiger partial charge in [0.05, 0.1) is 0 Å². The van der Waals surface area contributed by atoms with Crippen LogP contribution in [-0.2, 0) is 0 Å². The van der Waals surface area contributed by atoms with Crippen molar-refractivity contribution < 1.29 is 4.79 Å². The molecule has 0 spiro atoms. The minimum atomic E-state index is -0.427. The molecule has 0 rings (SSSR count). The third kappa shape index (κ3) is 9.97. The van der Waals surface area contributed by atoms with Crippen molar-refractivity contribution in [3.05, 3.63) is 0 Å². The highest BCUT2D eigenvalue weighted by Gasteiger charge is 1.91. The molecular weight excluding hydrogens is 192 g/mol. The smallest absolute Gasteiger partial charge is 0.312 e. The minimum Gasteiger partial charge on any atom is -0.352 e. The summed E-state index contributed by atoms with van der Waals surface area (Å²) in [5, 5.41) is 2.56. The molecule has 0 bridgehead atoms. The fourth-order valence-corrected chi connectivity index (χ4v) is 2.32. The maximum Gasteiger partial charge on any atom is 0.312 e. The number of primary amides is 1. The predicted octanol–water partition coefficient (Wildman–Crippen LogP) is 1.14. The van der Waals surface area contributed by atoms with E-state index in [1.807, 2.05) is 23.5 Å². The molecule has 0 unspecified atom stereocenters. The molecule has 0 fully saturated rings. The Kier molecular flexibility index (Phi) is 9.04. The lowest BCUT2D eigenvalue weighted by Gasteiger charge is -2.01. The normalized spacial score (nSPS) is 9.75. The highest BCUT2D eigenvalue weighted by molar-refractivity contribution is 8.02. The molecule has 0 atom stereocenters. The summed E-state index contributed by atoms with van der Waals surface area (Å²) in [5.41, 5.74) is 4.89. The zero-order valence-electron chi connectivity index (χ0n) is 7.34. The van der Waals surface area contributed by atoms with Crippen LogP contribution >= 0.6 is 23.5 Å². The SMILES string of the molecule is CSCCSCCCNC(N)=O. The molecule has 2 amide bonds. The van der Waals surface area contributed by atoms with Crippen LogP contribution in [-0.4, -0.2) is 36.1 Å². The second-order valence-electron chi connectivity index (χ2n) is 2.25. The number of carbonyl (C=O) groups excluding carboxylic acids is 1. The highest BCUT2D eigenvalue weighted by Crippen LogP contribution is 2.04. The van der Waals surface area contributed by atoms with Crippen LogP contribution in [0.25, 0.3) is 0 Å². The van der Waals surface area contributed by atoms with Crippen molar-refractivity contribution in [1.29, 1.82) is 0 Å². The molecule has 0 aliphatic carbocycles.